The summed E-state index contributed by atoms with van der Waals surface area (Å²) in [6, 6.07) is 110. The van der Waals surface area contributed by atoms with E-state index in [-0.39, 0.29) is 31.9 Å². The summed E-state index contributed by atoms with van der Waals surface area (Å²) in [6.07, 6.45) is 1.92. The van der Waals surface area contributed by atoms with Crippen molar-refractivity contribution in [2.75, 3.05) is 9.80 Å². The molecule has 0 bridgehead atoms. The Morgan fingerprint density at radius 2 is 0.915 bits per heavy atom. The van der Waals surface area contributed by atoms with Gasteiger partial charge in [-0.05, 0) is 121 Å². The Hall–Kier alpha value is -10.5. The van der Waals surface area contributed by atoms with Gasteiger partial charge in [-0.1, -0.05) is 247 Å². The number of anilines is 4. The monoisotopic (exact) mass is 1390 g/mol. The zero-order valence-corrected chi connectivity index (χ0v) is 55.4. The second kappa shape index (κ2) is 22.7. The third-order valence-electron chi connectivity index (χ3n) is 19.3. The average Bonchev–Trinajstić information content (AvgIpc) is 1.52. The summed E-state index contributed by atoms with van der Waals surface area (Å²) in [5.74, 6) is 1.94. The van der Waals surface area contributed by atoms with Crippen LogP contribution in [0.15, 0.2) is 285 Å². The second-order valence-electron chi connectivity index (χ2n) is 26.8. The molecule has 15 aromatic rings. The van der Waals surface area contributed by atoms with Gasteiger partial charge in [0.25, 0.3) is 0 Å². The number of hydrogen-bond acceptors (Lipinski definition) is 4. The number of ether oxygens (including phenoxy) is 1. The van der Waals surface area contributed by atoms with E-state index in [4.69, 9.17) is 9.72 Å². The molecule has 17 rings (SSSR count). The SMILES string of the molecule is CC(C)(C)c1ccc(C2(c3cc(Oc4[c-]c5c(cc4)c4ccccc4n5-c4cc(C(C)(C)C)ccn4)[c-]c(N4[CH-]N(c5c(-c6ccccc6)cc(-n6c7ccccc7c7ccccc76)cc5-c5ccccc5)c5ccccc54)c3)c3ccccc3-c3ccccc32)cc1.[Pt]. The van der Waals surface area contributed by atoms with Crippen LogP contribution >= 0.6 is 0 Å². The molecule has 3 aromatic heterocycles. The molecule has 12 aromatic carbocycles. The van der Waals surface area contributed by atoms with Crippen LogP contribution in [0.4, 0.5) is 22.7 Å². The zero-order chi connectivity index (χ0) is 62.7. The van der Waals surface area contributed by atoms with Crippen LogP contribution in [0.3, 0.4) is 0 Å². The van der Waals surface area contributed by atoms with E-state index in [0.717, 1.165) is 100 Å². The Labute approximate surface area is 563 Å². The summed E-state index contributed by atoms with van der Waals surface area (Å²) in [5, 5.41) is 4.61. The molecule has 6 nitrogen and oxygen atoms in total. The molecule has 94 heavy (non-hydrogen) atoms. The van der Waals surface area contributed by atoms with Gasteiger partial charge < -0.3 is 23.7 Å². The van der Waals surface area contributed by atoms with Gasteiger partial charge in [0.15, 0.2) is 0 Å². The molecule has 1 aliphatic heterocycles. The molecule has 458 valence electrons. The molecule has 0 spiro atoms. The molecule has 0 atom stereocenters. The zero-order valence-electron chi connectivity index (χ0n) is 53.2. The van der Waals surface area contributed by atoms with Gasteiger partial charge in [-0.3, -0.25) is 0 Å². The van der Waals surface area contributed by atoms with E-state index in [0.29, 0.717) is 11.5 Å². The third-order valence-corrected chi connectivity index (χ3v) is 19.3. The fraction of sp³-hybridized carbons (Fsp3) is 0.103. The van der Waals surface area contributed by atoms with Gasteiger partial charge in [-0.25, -0.2) is 4.98 Å². The van der Waals surface area contributed by atoms with Crippen molar-refractivity contribution in [3.63, 3.8) is 0 Å². The van der Waals surface area contributed by atoms with Gasteiger partial charge in [-0.2, -0.15) is 6.07 Å². The average molecular weight is 1390 g/mol. The summed E-state index contributed by atoms with van der Waals surface area (Å²) in [6.45, 7) is 15.9. The molecular formula is C87H66N5OPt-3. The normalized spacial score (nSPS) is 13.3. The fourth-order valence-corrected chi connectivity index (χ4v) is 14.8. The molecule has 2 aliphatic rings. The van der Waals surface area contributed by atoms with Crippen LogP contribution in [0.1, 0.15) is 74.9 Å². The van der Waals surface area contributed by atoms with Gasteiger partial charge in [0.2, 0.25) is 0 Å². The van der Waals surface area contributed by atoms with E-state index in [1.54, 1.807) is 0 Å². The first-order chi connectivity index (χ1) is 45.4. The van der Waals surface area contributed by atoms with E-state index in [1.807, 2.05) is 6.20 Å². The predicted molar refractivity (Wildman–Crippen MR) is 384 cm³/mol. The van der Waals surface area contributed by atoms with E-state index < -0.39 is 5.41 Å². The molecule has 0 unspecified atom stereocenters. The van der Waals surface area contributed by atoms with Crippen molar-refractivity contribution in [1.29, 1.82) is 0 Å². The van der Waals surface area contributed by atoms with Crippen LogP contribution in [0.2, 0.25) is 0 Å². The van der Waals surface area contributed by atoms with Crippen LogP contribution in [-0.4, -0.2) is 14.1 Å². The molecule has 7 heteroatoms. The molecule has 0 saturated heterocycles. The van der Waals surface area contributed by atoms with Gasteiger partial charge in [0, 0.05) is 94.3 Å². The Bertz CT molecular complexity index is 5280. The van der Waals surface area contributed by atoms with Crippen LogP contribution in [0.25, 0.3) is 88.5 Å². The van der Waals surface area contributed by atoms with Crippen LogP contribution < -0.4 is 14.5 Å². The molecule has 0 fully saturated rings. The summed E-state index contributed by atoms with van der Waals surface area (Å²) >= 11 is 0. The Morgan fingerprint density at radius 1 is 0.404 bits per heavy atom. The topological polar surface area (TPSA) is 38.5 Å². The van der Waals surface area contributed by atoms with Crippen molar-refractivity contribution in [3.8, 4) is 56.4 Å². The van der Waals surface area contributed by atoms with Crippen LogP contribution in [-0.2, 0) is 37.3 Å². The van der Waals surface area contributed by atoms with E-state index in [9.17, 15) is 0 Å². The maximum Gasteiger partial charge on any atom is 0.135 e. The van der Waals surface area contributed by atoms with E-state index >= 15 is 0 Å². The molecule has 4 heterocycles. The summed E-state index contributed by atoms with van der Waals surface area (Å²) in [7, 11) is 0. The van der Waals surface area contributed by atoms with Crippen LogP contribution in [0.5, 0.6) is 11.5 Å². The number of hydrogen-bond donors (Lipinski definition) is 0. The summed E-state index contributed by atoms with van der Waals surface area (Å²) in [4.78, 5) is 9.74. The molecule has 0 N–H and O–H groups in total. The first-order valence-electron chi connectivity index (χ1n) is 32.2. The standard InChI is InChI=1S/C87H66N5O.Pt/c1-85(2,3)59-41-43-60(44-42-59)87(75-34-18-13-29-67(75)68-30-14-19-35-76(68)87)62-49-63(52-66(50-62)93-65-45-46-72-71-33-17-22-38-79(71)92(82(72)55-65)83-51-61(47-48-88-83)86(4,5)6)89-56-90(81-40-24-23-39-80(81)89)84-73(57-25-9-7-10-26-57)53-64(54-74(84)58-27-11-8-12-28-58)91-77-36-20-15-31-69(77)70-32-16-21-37-78(70)91;/h7-51,53-54,56H,1-6H3;/q-3;. The molecular weight excluding hydrogens is 1330 g/mol. The third kappa shape index (κ3) is 9.44. The smallest absolute Gasteiger partial charge is 0.135 e. The van der Waals surface area contributed by atoms with Crippen molar-refractivity contribution < 1.29 is 25.8 Å². The molecule has 0 amide bonds. The molecule has 1 aliphatic carbocycles. The minimum atomic E-state index is -0.794. The summed E-state index contributed by atoms with van der Waals surface area (Å²) in [5.41, 5.74) is 22.1. The van der Waals surface area contributed by atoms with Gasteiger partial charge >= 0.3 is 0 Å². The van der Waals surface area contributed by atoms with Crippen molar-refractivity contribution in [1.82, 2.24) is 14.1 Å². The number of fused-ring (bicyclic) bond motifs is 10. The maximum atomic E-state index is 7.43. The van der Waals surface area contributed by atoms with Crippen molar-refractivity contribution in [2.45, 2.75) is 57.8 Å². The Morgan fingerprint density at radius 3 is 1.50 bits per heavy atom. The second-order valence-corrected chi connectivity index (χ2v) is 26.8. The number of rotatable bonds is 10. The largest absolute Gasteiger partial charge is 0.509 e. The van der Waals surface area contributed by atoms with Gasteiger partial charge in [0.05, 0.1) is 11.0 Å². The quantitative estimate of drug-likeness (QED) is 0.128. The first kappa shape index (κ1) is 58.6. The minimum absolute atomic E-state index is 0. The van der Waals surface area contributed by atoms with Crippen LogP contribution in [0, 0.1) is 18.8 Å². The van der Waals surface area contributed by atoms with Crippen molar-refractivity contribution in [3.05, 3.63) is 337 Å². The summed E-state index contributed by atoms with van der Waals surface area (Å²) < 4.78 is 12.1. The van der Waals surface area contributed by atoms with Gasteiger partial charge in [-0.15, -0.1) is 53.6 Å². The van der Waals surface area contributed by atoms with Crippen molar-refractivity contribution in [2.24, 2.45) is 0 Å². The van der Waals surface area contributed by atoms with Gasteiger partial charge in [0.1, 0.15) is 5.82 Å². The Balaban J connectivity index is 0.00000699. The fourth-order valence-electron chi connectivity index (χ4n) is 14.8. The number of para-hydroxylation sites is 5. The number of aromatic nitrogens is 3. The number of pyridine rings is 1. The maximum absolute atomic E-state index is 7.43. The number of benzene rings is 12. The molecule has 0 radical (unpaired) electrons. The molecule has 0 saturated carbocycles. The predicted octanol–water partition coefficient (Wildman–Crippen LogP) is 22.4. The van der Waals surface area contributed by atoms with E-state index in [1.165, 1.54) is 44.2 Å². The first-order valence-corrected chi connectivity index (χ1v) is 32.2. The van der Waals surface area contributed by atoms with Crippen molar-refractivity contribution >= 4 is 66.4 Å². The minimum Gasteiger partial charge on any atom is -0.509 e. The van der Waals surface area contributed by atoms with E-state index in [2.05, 4.69) is 358 Å². The Kier molecular flexibility index (Phi) is 14.1. The number of nitrogens with zero attached hydrogens (tertiary/aromatic N) is 5.